The Morgan fingerprint density at radius 3 is 2.88 bits per heavy atom. The molecule has 17 heavy (non-hydrogen) atoms. The van der Waals surface area contributed by atoms with Gasteiger partial charge in [0.1, 0.15) is 0 Å². The topological polar surface area (TPSA) is 27.7 Å². The van der Waals surface area contributed by atoms with Crippen molar-refractivity contribution in [3.8, 4) is 0 Å². The van der Waals surface area contributed by atoms with Gasteiger partial charge in [-0.2, -0.15) is 0 Å². The summed E-state index contributed by atoms with van der Waals surface area (Å²) in [6, 6.07) is 1.88. The standard InChI is InChI=1S/C13H27N3O/c1-4-11-9-16(7-6-15(11)3)13-10-17-8-5-12(13)14-2/h11-14H,4-10H2,1-3H3. The largest absolute Gasteiger partial charge is 0.380 e. The highest BCUT2D eigenvalue weighted by Gasteiger charge is 2.33. The van der Waals surface area contributed by atoms with E-state index in [1.807, 2.05) is 0 Å². The first-order valence-electron chi connectivity index (χ1n) is 6.95. The molecule has 3 atom stereocenters. The van der Waals surface area contributed by atoms with Crippen LogP contribution in [0, 0.1) is 0 Å². The van der Waals surface area contributed by atoms with E-state index in [1.54, 1.807) is 0 Å². The zero-order valence-corrected chi connectivity index (χ0v) is 11.5. The smallest absolute Gasteiger partial charge is 0.0637 e. The molecule has 4 heteroatoms. The van der Waals surface area contributed by atoms with Crippen molar-refractivity contribution >= 4 is 0 Å². The molecule has 2 rings (SSSR count). The van der Waals surface area contributed by atoms with Gasteiger partial charge in [-0.1, -0.05) is 6.92 Å². The van der Waals surface area contributed by atoms with Crippen LogP contribution in [-0.4, -0.2) is 74.9 Å². The summed E-state index contributed by atoms with van der Waals surface area (Å²) in [5, 5.41) is 3.46. The number of nitrogens with zero attached hydrogens (tertiary/aromatic N) is 2. The van der Waals surface area contributed by atoms with Crippen LogP contribution < -0.4 is 5.32 Å². The number of nitrogens with one attached hydrogen (secondary N) is 1. The van der Waals surface area contributed by atoms with Crippen LogP contribution in [0.1, 0.15) is 19.8 Å². The molecule has 2 aliphatic heterocycles. The summed E-state index contributed by atoms with van der Waals surface area (Å²) in [4.78, 5) is 5.13. The van der Waals surface area contributed by atoms with E-state index in [0.29, 0.717) is 18.1 Å². The fourth-order valence-corrected chi connectivity index (χ4v) is 3.13. The Hall–Kier alpha value is -0.160. The Morgan fingerprint density at radius 1 is 1.35 bits per heavy atom. The Kier molecular flexibility index (Phi) is 4.79. The fourth-order valence-electron chi connectivity index (χ4n) is 3.13. The molecule has 4 nitrogen and oxygen atoms in total. The molecule has 0 radical (unpaired) electrons. The second kappa shape index (κ2) is 6.14. The quantitative estimate of drug-likeness (QED) is 0.773. The minimum atomic E-state index is 0.566. The highest BCUT2D eigenvalue weighted by Crippen LogP contribution is 2.19. The number of ether oxygens (including phenoxy) is 1. The summed E-state index contributed by atoms with van der Waals surface area (Å²) >= 11 is 0. The lowest BCUT2D eigenvalue weighted by Crippen LogP contribution is -2.61. The fraction of sp³-hybridized carbons (Fsp3) is 1.00. The van der Waals surface area contributed by atoms with Crippen molar-refractivity contribution in [2.24, 2.45) is 0 Å². The Morgan fingerprint density at radius 2 is 2.18 bits per heavy atom. The van der Waals surface area contributed by atoms with Crippen molar-refractivity contribution in [3.63, 3.8) is 0 Å². The van der Waals surface area contributed by atoms with E-state index in [9.17, 15) is 0 Å². The molecule has 0 bridgehead atoms. The van der Waals surface area contributed by atoms with Gasteiger partial charge >= 0.3 is 0 Å². The third kappa shape index (κ3) is 2.99. The van der Waals surface area contributed by atoms with Gasteiger partial charge < -0.3 is 15.0 Å². The van der Waals surface area contributed by atoms with E-state index < -0.39 is 0 Å². The molecule has 0 aromatic carbocycles. The minimum absolute atomic E-state index is 0.566. The van der Waals surface area contributed by atoms with Crippen molar-refractivity contribution < 1.29 is 4.74 Å². The van der Waals surface area contributed by atoms with E-state index in [-0.39, 0.29) is 0 Å². The number of piperazine rings is 1. The maximum atomic E-state index is 5.67. The first kappa shape index (κ1) is 13.3. The highest BCUT2D eigenvalue weighted by molar-refractivity contribution is 4.91. The average molecular weight is 241 g/mol. The van der Waals surface area contributed by atoms with Gasteiger partial charge in [0, 0.05) is 44.4 Å². The summed E-state index contributed by atoms with van der Waals surface area (Å²) < 4.78 is 5.67. The van der Waals surface area contributed by atoms with Gasteiger partial charge in [0.2, 0.25) is 0 Å². The van der Waals surface area contributed by atoms with Gasteiger partial charge in [0.05, 0.1) is 6.61 Å². The molecule has 2 aliphatic rings. The predicted molar refractivity (Wildman–Crippen MR) is 70.4 cm³/mol. The van der Waals surface area contributed by atoms with Crippen LogP contribution in [0.4, 0.5) is 0 Å². The molecule has 0 aromatic heterocycles. The molecule has 2 saturated heterocycles. The Balaban J connectivity index is 1.96. The molecule has 0 aliphatic carbocycles. The van der Waals surface area contributed by atoms with Gasteiger partial charge in [0.15, 0.2) is 0 Å². The SMILES string of the molecule is CCC1CN(C2COCCC2NC)CCN1C. The summed E-state index contributed by atoms with van der Waals surface area (Å²) in [6.07, 6.45) is 2.38. The zero-order chi connectivity index (χ0) is 12.3. The number of hydrogen-bond acceptors (Lipinski definition) is 4. The van der Waals surface area contributed by atoms with Gasteiger partial charge in [-0.15, -0.1) is 0 Å². The summed E-state index contributed by atoms with van der Waals surface area (Å²) in [7, 11) is 4.33. The first-order chi connectivity index (χ1) is 8.26. The van der Waals surface area contributed by atoms with Crippen LogP contribution in [0.5, 0.6) is 0 Å². The maximum absolute atomic E-state index is 5.67. The maximum Gasteiger partial charge on any atom is 0.0637 e. The van der Waals surface area contributed by atoms with Gasteiger partial charge in [-0.3, -0.25) is 4.90 Å². The van der Waals surface area contributed by atoms with E-state index in [0.717, 1.165) is 19.6 Å². The number of hydrogen-bond donors (Lipinski definition) is 1. The molecular formula is C13H27N3O. The molecule has 0 saturated carbocycles. The second-order valence-electron chi connectivity index (χ2n) is 5.36. The molecule has 0 amide bonds. The van der Waals surface area contributed by atoms with Crippen molar-refractivity contribution in [2.75, 3.05) is 46.9 Å². The number of likely N-dealkylation sites (N-methyl/N-ethyl adjacent to an activating group) is 2. The summed E-state index contributed by atoms with van der Waals surface area (Å²) in [6.45, 7) is 7.65. The lowest BCUT2D eigenvalue weighted by molar-refractivity contribution is -0.0288. The lowest BCUT2D eigenvalue weighted by Gasteiger charge is -2.46. The van der Waals surface area contributed by atoms with E-state index in [1.165, 1.54) is 26.1 Å². The number of rotatable bonds is 3. The summed E-state index contributed by atoms with van der Waals surface area (Å²) in [5.41, 5.74) is 0. The third-order valence-corrected chi connectivity index (χ3v) is 4.45. The molecule has 0 spiro atoms. The van der Waals surface area contributed by atoms with E-state index in [4.69, 9.17) is 4.74 Å². The van der Waals surface area contributed by atoms with Crippen LogP contribution in [0.3, 0.4) is 0 Å². The molecular weight excluding hydrogens is 214 g/mol. The highest BCUT2D eigenvalue weighted by atomic mass is 16.5. The second-order valence-corrected chi connectivity index (χ2v) is 5.36. The van der Waals surface area contributed by atoms with Crippen molar-refractivity contribution in [3.05, 3.63) is 0 Å². The van der Waals surface area contributed by atoms with Crippen LogP contribution in [0.2, 0.25) is 0 Å². The normalized spacial score (nSPS) is 37.2. The van der Waals surface area contributed by atoms with Gasteiger partial charge in [-0.05, 0) is 26.9 Å². The minimum Gasteiger partial charge on any atom is -0.380 e. The van der Waals surface area contributed by atoms with Crippen LogP contribution in [0.25, 0.3) is 0 Å². The Bertz CT molecular complexity index is 237. The van der Waals surface area contributed by atoms with Crippen LogP contribution in [-0.2, 0) is 4.74 Å². The summed E-state index contributed by atoms with van der Waals surface area (Å²) in [5.74, 6) is 0. The van der Waals surface area contributed by atoms with Gasteiger partial charge in [0.25, 0.3) is 0 Å². The lowest BCUT2D eigenvalue weighted by atomic mass is 9.99. The third-order valence-electron chi connectivity index (χ3n) is 4.45. The molecule has 2 heterocycles. The van der Waals surface area contributed by atoms with Crippen molar-refractivity contribution in [1.82, 2.24) is 15.1 Å². The average Bonchev–Trinajstić information content (AvgIpc) is 2.39. The zero-order valence-electron chi connectivity index (χ0n) is 11.5. The molecule has 100 valence electrons. The first-order valence-corrected chi connectivity index (χ1v) is 6.95. The van der Waals surface area contributed by atoms with Crippen LogP contribution >= 0.6 is 0 Å². The van der Waals surface area contributed by atoms with Crippen molar-refractivity contribution in [2.45, 2.75) is 37.9 Å². The molecule has 1 N–H and O–H groups in total. The monoisotopic (exact) mass is 241 g/mol. The van der Waals surface area contributed by atoms with Crippen LogP contribution in [0.15, 0.2) is 0 Å². The van der Waals surface area contributed by atoms with Gasteiger partial charge in [-0.25, -0.2) is 0 Å². The molecule has 2 fully saturated rings. The molecule has 0 aromatic rings. The van der Waals surface area contributed by atoms with Crippen molar-refractivity contribution in [1.29, 1.82) is 0 Å². The molecule has 3 unspecified atom stereocenters. The predicted octanol–water partition coefficient (Wildman–Crippen LogP) is 0.389. The van der Waals surface area contributed by atoms with E-state index in [2.05, 4.69) is 36.1 Å². The Labute approximate surface area is 105 Å². The van der Waals surface area contributed by atoms with E-state index >= 15 is 0 Å².